The molecule has 0 aliphatic heterocycles. The Balaban J connectivity index is 0.000000320. The quantitative estimate of drug-likeness (QED) is 0.0686. The molecule has 12 nitrogen and oxygen atoms in total. The molecule has 0 unspecified atom stereocenters. The van der Waals surface area contributed by atoms with E-state index in [4.69, 9.17) is 62.6 Å². The van der Waals surface area contributed by atoms with Crippen molar-refractivity contribution in [2.24, 2.45) is 0 Å². The molecule has 0 amide bonds. The molecule has 340 valence electrons. The summed E-state index contributed by atoms with van der Waals surface area (Å²) in [5, 5.41) is 12.7. The molecule has 0 atom stereocenters. The van der Waals surface area contributed by atoms with Crippen molar-refractivity contribution in [3.05, 3.63) is 108 Å². The fraction of sp³-hybridized carbons (Fsp3) is 0.348. The van der Waals surface area contributed by atoms with Gasteiger partial charge in [-0.15, -0.1) is 23.5 Å². The van der Waals surface area contributed by atoms with Crippen LogP contribution in [0.5, 0.6) is 0 Å². The lowest BCUT2D eigenvalue weighted by atomic mass is 10.00. The average Bonchev–Trinajstić information content (AvgIpc) is 3.98. The van der Waals surface area contributed by atoms with Gasteiger partial charge in [-0.05, 0) is 116 Å². The second-order valence-electron chi connectivity index (χ2n) is 13.1. The standard InChI is InChI=1S/C15H16ClNO3S.C15H17NO3S.C14H13Cl2NO3.2CH4/c1-5-19-15(18)10-7-11(16)14(21-4)13(9(10)3)12-6-8(2)17-20-12;1-5-18-15(17)11-6-7-13(20-4)14(10(11)3)12-8-9(2)16-19-12;1-4-19-14(18)9-6-10(15)13(16)12(8(9)3)11-5-7(2)17-20-11;;/h6-7H,5H2,1-4H3;6-8H,5H2,1-4H3;5-6H,4H2,1-3H3;2*1H4. The molecule has 3 aromatic carbocycles. The molecule has 0 aliphatic rings. The number of carbonyl (C=O) groups is 3. The van der Waals surface area contributed by atoms with E-state index in [2.05, 4.69) is 15.5 Å². The molecule has 0 fully saturated rings. The number of hydrogen-bond donors (Lipinski definition) is 0. The first-order valence-corrected chi connectivity index (χ1v) is 22.5. The van der Waals surface area contributed by atoms with Crippen LogP contribution in [0.15, 0.2) is 65.8 Å². The Labute approximate surface area is 393 Å². The van der Waals surface area contributed by atoms with Gasteiger partial charge in [-0.2, -0.15) is 0 Å². The van der Waals surface area contributed by atoms with E-state index >= 15 is 0 Å². The smallest absolute Gasteiger partial charge is 0.338 e. The Morgan fingerprint density at radius 2 is 0.921 bits per heavy atom. The highest BCUT2D eigenvalue weighted by molar-refractivity contribution is 7.99. The Morgan fingerprint density at radius 1 is 0.540 bits per heavy atom. The van der Waals surface area contributed by atoms with Gasteiger partial charge in [0, 0.05) is 44.7 Å². The summed E-state index contributed by atoms with van der Waals surface area (Å²) >= 11 is 21.7. The summed E-state index contributed by atoms with van der Waals surface area (Å²) in [4.78, 5) is 37.9. The van der Waals surface area contributed by atoms with Crippen molar-refractivity contribution in [3.8, 4) is 34.0 Å². The van der Waals surface area contributed by atoms with E-state index in [0.717, 1.165) is 43.4 Å². The minimum absolute atomic E-state index is 0. The van der Waals surface area contributed by atoms with E-state index in [-0.39, 0.29) is 38.4 Å². The Kier molecular flexibility index (Phi) is 21.5. The minimum atomic E-state index is -0.443. The third kappa shape index (κ3) is 12.9. The first kappa shape index (κ1) is 54.4. The largest absolute Gasteiger partial charge is 0.462 e. The Morgan fingerprint density at radius 3 is 1.32 bits per heavy atom. The number of halogens is 3. The fourth-order valence-corrected chi connectivity index (χ4v) is 8.41. The predicted molar refractivity (Wildman–Crippen MR) is 254 cm³/mol. The molecule has 6 rings (SSSR count). The zero-order chi connectivity index (χ0) is 45.1. The summed E-state index contributed by atoms with van der Waals surface area (Å²) in [5.41, 5.74) is 8.21. The molecule has 0 bridgehead atoms. The van der Waals surface area contributed by atoms with Crippen LogP contribution >= 0.6 is 58.3 Å². The predicted octanol–water partition coefficient (Wildman–Crippen LogP) is 14.1. The highest BCUT2D eigenvalue weighted by Crippen LogP contribution is 2.41. The molecule has 3 heterocycles. The normalized spacial score (nSPS) is 10.3. The zero-order valence-corrected chi connectivity index (χ0v) is 39.5. The van der Waals surface area contributed by atoms with Crippen molar-refractivity contribution in [2.45, 2.75) is 87.0 Å². The Bertz CT molecular complexity index is 2530. The highest BCUT2D eigenvalue weighted by Gasteiger charge is 2.24. The lowest BCUT2D eigenvalue weighted by Gasteiger charge is -2.14. The number of carbonyl (C=O) groups excluding carboxylic acids is 3. The number of benzene rings is 3. The number of aromatic nitrogens is 3. The number of ether oxygens (including phenoxy) is 3. The average molecular weight is 963 g/mol. The van der Waals surface area contributed by atoms with Crippen LogP contribution in [0.2, 0.25) is 15.1 Å². The van der Waals surface area contributed by atoms with E-state index in [1.165, 1.54) is 17.8 Å². The SMILES string of the molecule is C.C.CCOC(=O)c1cc(Cl)c(Cl)c(-c2cc(C)no2)c1C.CCOC(=O)c1cc(Cl)c(SC)c(-c2cc(C)no2)c1C.CCOC(=O)c1ccc(SC)c(-c2cc(C)no2)c1C. The van der Waals surface area contributed by atoms with Gasteiger partial charge in [-0.1, -0.05) is 65.1 Å². The summed E-state index contributed by atoms with van der Waals surface area (Å²) in [6.45, 7) is 17.3. The molecule has 0 spiro atoms. The molecule has 6 aromatic rings. The van der Waals surface area contributed by atoms with Crippen LogP contribution in [0.25, 0.3) is 34.0 Å². The van der Waals surface area contributed by atoms with E-state index in [9.17, 15) is 14.4 Å². The van der Waals surface area contributed by atoms with Gasteiger partial charge in [0.25, 0.3) is 0 Å². The number of rotatable bonds is 11. The molecular weight excluding hydrogens is 909 g/mol. The van der Waals surface area contributed by atoms with E-state index in [1.54, 1.807) is 64.6 Å². The van der Waals surface area contributed by atoms with Crippen molar-refractivity contribution >= 4 is 76.2 Å². The van der Waals surface area contributed by atoms with Crippen LogP contribution in [0.4, 0.5) is 0 Å². The number of thioether (sulfide) groups is 2. The van der Waals surface area contributed by atoms with Gasteiger partial charge in [-0.25, -0.2) is 14.4 Å². The summed E-state index contributed by atoms with van der Waals surface area (Å²) in [6, 6.07) is 12.3. The van der Waals surface area contributed by atoms with Gasteiger partial charge in [-0.3, -0.25) is 0 Å². The molecule has 63 heavy (non-hydrogen) atoms. The van der Waals surface area contributed by atoms with Crippen molar-refractivity contribution in [2.75, 3.05) is 32.3 Å². The second-order valence-corrected chi connectivity index (χ2v) is 16.0. The van der Waals surface area contributed by atoms with Gasteiger partial charge < -0.3 is 27.8 Å². The summed E-state index contributed by atoms with van der Waals surface area (Å²) in [6.07, 6.45) is 3.92. The van der Waals surface area contributed by atoms with Crippen LogP contribution in [-0.4, -0.2) is 65.7 Å². The number of esters is 3. The summed E-state index contributed by atoms with van der Waals surface area (Å²) in [5.74, 6) is 0.606. The van der Waals surface area contributed by atoms with Crippen molar-refractivity contribution in [1.82, 2.24) is 15.5 Å². The number of aryl methyl sites for hydroxylation is 3. The van der Waals surface area contributed by atoms with Crippen LogP contribution in [-0.2, 0) is 14.2 Å². The molecule has 0 N–H and O–H groups in total. The van der Waals surface area contributed by atoms with Crippen LogP contribution in [0.1, 0.15) is 100 Å². The topological polar surface area (TPSA) is 157 Å². The minimum Gasteiger partial charge on any atom is -0.462 e. The molecular formula is C46H54Cl3N3O9S2. The second kappa shape index (κ2) is 24.9. The van der Waals surface area contributed by atoms with Gasteiger partial charge in [0.15, 0.2) is 17.3 Å². The Hall–Kier alpha value is -4.73. The third-order valence-electron chi connectivity index (χ3n) is 8.93. The molecule has 3 aromatic heterocycles. The maximum absolute atomic E-state index is 12.1. The maximum Gasteiger partial charge on any atom is 0.338 e. The zero-order valence-electron chi connectivity index (χ0n) is 35.6. The van der Waals surface area contributed by atoms with Crippen LogP contribution < -0.4 is 0 Å². The summed E-state index contributed by atoms with van der Waals surface area (Å²) in [7, 11) is 0. The summed E-state index contributed by atoms with van der Waals surface area (Å²) < 4.78 is 31.1. The number of hydrogen-bond acceptors (Lipinski definition) is 14. The van der Waals surface area contributed by atoms with Crippen molar-refractivity contribution in [3.63, 3.8) is 0 Å². The fourth-order valence-electron chi connectivity index (χ4n) is 6.11. The molecule has 0 saturated carbocycles. The molecule has 0 radical (unpaired) electrons. The molecule has 0 aliphatic carbocycles. The maximum atomic E-state index is 12.1. The molecule has 17 heteroatoms. The lowest BCUT2D eigenvalue weighted by molar-refractivity contribution is 0.0516. The van der Waals surface area contributed by atoms with Gasteiger partial charge in [0.1, 0.15) is 0 Å². The first-order valence-electron chi connectivity index (χ1n) is 18.9. The highest BCUT2D eigenvalue weighted by atomic mass is 35.5. The number of nitrogens with zero attached hydrogens (tertiary/aromatic N) is 3. The first-order chi connectivity index (χ1) is 29.0. The van der Waals surface area contributed by atoms with Crippen LogP contribution in [0.3, 0.4) is 0 Å². The van der Waals surface area contributed by atoms with Crippen molar-refractivity contribution in [1.29, 1.82) is 0 Å². The van der Waals surface area contributed by atoms with Gasteiger partial charge in [0.05, 0.1) is 68.7 Å². The van der Waals surface area contributed by atoms with E-state index in [1.807, 2.05) is 58.4 Å². The van der Waals surface area contributed by atoms with Crippen LogP contribution in [0, 0.1) is 41.5 Å². The third-order valence-corrected chi connectivity index (χ3v) is 11.7. The van der Waals surface area contributed by atoms with E-state index < -0.39 is 5.97 Å². The van der Waals surface area contributed by atoms with Gasteiger partial charge in [0.2, 0.25) is 0 Å². The molecule has 0 saturated heterocycles. The van der Waals surface area contributed by atoms with E-state index in [0.29, 0.717) is 74.1 Å². The monoisotopic (exact) mass is 961 g/mol. The van der Waals surface area contributed by atoms with Crippen molar-refractivity contribution < 1.29 is 42.2 Å². The lowest BCUT2D eigenvalue weighted by Crippen LogP contribution is -2.08. The van der Waals surface area contributed by atoms with Gasteiger partial charge >= 0.3 is 17.9 Å².